The second kappa shape index (κ2) is 7.28. The van der Waals surface area contributed by atoms with Crippen molar-refractivity contribution in [3.05, 3.63) is 53.4 Å². The van der Waals surface area contributed by atoms with Gasteiger partial charge in [0.25, 0.3) is 0 Å². The van der Waals surface area contributed by atoms with Crippen LogP contribution in [0.25, 0.3) is 11.3 Å². The highest BCUT2D eigenvalue weighted by Gasteiger charge is 2.29. The molecule has 0 aliphatic carbocycles. The predicted octanol–water partition coefficient (Wildman–Crippen LogP) is 2.51. The molecule has 2 aromatic heterocycles. The minimum atomic E-state index is -0.517. The van der Waals surface area contributed by atoms with Crippen LogP contribution in [-0.2, 0) is 16.1 Å². The van der Waals surface area contributed by atoms with Crippen molar-refractivity contribution in [3.63, 3.8) is 0 Å². The van der Waals surface area contributed by atoms with E-state index in [2.05, 4.69) is 19.9 Å². The summed E-state index contributed by atoms with van der Waals surface area (Å²) in [6.07, 6.45) is 2.18. The van der Waals surface area contributed by atoms with Crippen molar-refractivity contribution < 1.29 is 18.7 Å². The van der Waals surface area contributed by atoms with Crippen molar-refractivity contribution >= 4 is 17.4 Å². The Morgan fingerprint density at radius 1 is 1.41 bits per heavy atom. The Morgan fingerprint density at radius 2 is 2.26 bits per heavy atom. The van der Waals surface area contributed by atoms with E-state index < -0.39 is 12.2 Å². The summed E-state index contributed by atoms with van der Waals surface area (Å²) in [5.41, 5.74) is 1.92. The summed E-state index contributed by atoms with van der Waals surface area (Å²) in [6.45, 7) is 2.56. The van der Waals surface area contributed by atoms with Gasteiger partial charge in [-0.2, -0.15) is 0 Å². The van der Waals surface area contributed by atoms with Crippen molar-refractivity contribution in [2.45, 2.75) is 19.6 Å². The molecule has 140 valence electrons. The zero-order valence-corrected chi connectivity index (χ0v) is 14.7. The van der Waals surface area contributed by atoms with Gasteiger partial charge >= 0.3 is 6.09 Å². The maximum atomic E-state index is 14.0. The number of benzene rings is 1. The Hall–Kier alpha value is -3.07. The smallest absolute Gasteiger partial charge is 0.410 e. The molecule has 0 unspecified atom stereocenters. The highest BCUT2D eigenvalue weighted by Crippen LogP contribution is 2.22. The molecular weight excluding hydrogens is 353 g/mol. The number of aryl methyl sites for hydroxylation is 1. The van der Waals surface area contributed by atoms with E-state index in [1.807, 2.05) is 0 Å². The Bertz CT molecular complexity index is 944. The Balaban J connectivity index is 1.41. The van der Waals surface area contributed by atoms with Crippen molar-refractivity contribution in [3.8, 4) is 0 Å². The molecule has 27 heavy (non-hydrogen) atoms. The molecule has 1 saturated heterocycles. The first-order chi connectivity index (χ1) is 13.1. The topological polar surface area (TPSA) is 93.2 Å². The zero-order valence-electron chi connectivity index (χ0n) is 14.7. The zero-order chi connectivity index (χ0) is 18.8. The van der Waals surface area contributed by atoms with Gasteiger partial charge in [0.2, 0.25) is 0 Å². The number of nitrogens with one attached hydrogen (secondary N) is 1. The molecule has 8 nitrogen and oxygen atoms in total. The van der Waals surface area contributed by atoms with Crippen LogP contribution in [0.5, 0.6) is 0 Å². The number of halogens is 1. The van der Waals surface area contributed by atoms with Gasteiger partial charge in [-0.3, -0.25) is 0 Å². The first-order valence-corrected chi connectivity index (χ1v) is 8.55. The average molecular weight is 371 g/mol. The van der Waals surface area contributed by atoms with Crippen molar-refractivity contribution in [1.82, 2.24) is 24.8 Å². The number of nitrogens with zero attached hydrogens (tertiary/aromatic N) is 4. The Labute approximate surface area is 154 Å². The van der Waals surface area contributed by atoms with Crippen LogP contribution in [0.3, 0.4) is 0 Å². The number of H-pyrrole nitrogens is 1. The highest BCUT2D eigenvalue weighted by molar-refractivity contribution is 5.68. The normalized spacial score (nSPS) is 17.3. The molecule has 1 amide bonds. The monoisotopic (exact) mass is 371 g/mol. The maximum absolute atomic E-state index is 14.0. The molecular formula is C18H18FN5O3. The molecule has 1 N–H and O–H groups in total. The molecule has 3 aromatic rings. The van der Waals surface area contributed by atoms with Crippen LogP contribution in [0.1, 0.15) is 23.1 Å². The first-order valence-electron chi connectivity index (χ1n) is 8.55. The molecule has 0 saturated carbocycles. The number of aromatic amines is 1. The summed E-state index contributed by atoms with van der Waals surface area (Å²) in [4.78, 5) is 29.6. The molecule has 1 atom stereocenters. The summed E-state index contributed by atoms with van der Waals surface area (Å²) >= 11 is 0. The van der Waals surface area contributed by atoms with E-state index in [0.717, 1.165) is 0 Å². The van der Waals surface area contributed by atoms with Gasteiger partial charge < -0.3 is 19.4 Å². The minimum absolute atomic E-state index is 0.118. The second-order valence-electron chi connectivity index (χ2n) is 6.26. The van der Waals surface area contributed by atoms with Crippen LogP contribution in [0.2, 0.25) is 0 Å². The van der Waals surface area contributed by atoms with Gasteiger partial charge in [0.15, 0.2) is 11.3 Å². The lowest BCUT2D eigenvalue weighted by molar-refractivity contribution is -0.0331. The summed E-state index contributed by atoms with van der Waals surface area (Å²) in [7, 11) is 0. The Morgan fingerprint density at radius 3 is 3.11 bits per heavy atom. The molecule has 9 heteroatoms. The fourth-order valence-electron chi connectivity index (χ4n) is 2.95. The van der Waals surface area contributed by atoms with Crippen LogP contribution in [0, 0.1) is 12.7 Å². The molecule has 1 aliphatic heterocycles. The number of morpholine rings is 1. The number of aromatic nitrogens is 4. The molecule has 4 rings (SSSR count). The van der Waals surface area contributed by atoms with E-state index in [4.69, 9.17) is 9.47 Å². The van der Waals surface area contributed by atoms with Gasteiger partial charge in [0.05, 0.1) is 13.2 Å². The molecule has 3 heterocycles. The maximum Gasteiger partial charge on any atom is 0.410 e. The van der Waals surface area contributed by atoms with E-state index in [0.29, 0.717) is 41.4 Å². The highest BCUT2D eigenvalue weighted by atomic mass is 19.1. The average Bonchev–Trinajstić information content (AvgIpc) is 3.13. The largest absolute Gasteiger partial charge is 0.444 e. The molecule has 1 aliphatic rings. The van der Waals surface area contributed by atoms with Crippen LogP contribution >= 0.6 is 0 Å². The summed E-state index contributed by atoms with van der Waals surface area (Å²) in [5, 5.41) is 0. The SMILES string of the molecule is Cc1cccc(COC(=O)N2CCO[C@H](c3nc4nccnc4[nH]3)C2)c1F. The van der Waals surface area contributed by atoms with Crippen molar-refractivity contribution in [2.75, 3.05) is 19.7 Å². The van der Waals surface area contributed by atoms with Crippen LogP contribution in [0.15, 0.2) is 30.6 Å². The number of carbonyl (C=O) groups excluding carboxylic acids is 1. The van der Waals surface area contributed by atoms with Gasteiger partial charge in [0, 0.05) is 24.5 Å². The van der Waals surface area contributed by atoms with Gasteiger partial charge in [-0.15, -0.1) is 0 Å². The molecule has 0 spiro atoms. The van der Waals surface area contributed by atoms with E-state index >= 15 is 0 Å². The summed E-state index contributed by atoms with van der Waals surface area (Å²) in [6, 6.07) is 5.01. The van der Waals surface area contributed by atoms with Gasteiger partial charge in [-0.25, -0.2) is 24.1 Å². The number of fused-ring (bicyclic) bond motifs is 1. The van der Waals surface area contributed by atoms with E-state index in [-0.39, 0.29) is 19.0 Å². The summed E-state index contributed by atoms with van der Waals surface area (Å²) < 4.78 is 25.0. The lowest BCUT2D eigenvalue weighted by atomic mass is 10.1. The van der Waals surface area contributed by atoms with Crippen LogP contribution in [-0.4, -0.2) is 50.6 Å². The Kier molecular flexibility index (Phi) is 4.68. The lowest BCUT2D eigenvalue weighted by Gasteiger charge is -2.31. The lowest BCUT2D eigenvalue weighted by Crippen LogP contribution is -2.42. The number of amides is 1. The number of imidazole rings is 1. The number of rotatable bonds is 3. The van der Waals surface area contributed by atoms with Gasteiger partial charge in [0.1, 0.15) is 24.4 Å². The molecule has 1 aromatic carbocycles. The van der Waals surface area contributed by atoms with E-state index in [1.165, 1.54) is 4.90 Å². The third kappa shape index (κ3) is 3.59. The van der Waals surface area contributed by atoms with E-state index in [1.54, 1.807) is 37.5 Å². The number of hydrogen-bond donors (Lipinski definition) is 1. The van der Waals surface area contributed by atoms with Crippen LogP contribution in [0.4, 0.5) is 9.18 Å². The molecule has 0 radical (unpaired) electrons. The predicted molar refractivity (Wildman–Crippen MR) is 93.3 cm³/mol. The van der Waals surface area contributed by atoms with Crippen molar-refractivity contribution in [1.29, 1.82) is 0 Å². The number of ether oxygens (including phenoxy) is 2. The van der Waals surface area contributed by atoms with Gasteiger partial charge in [-0.1, -0.05) is 18.2 Å². The van der Waals surface area contributed by atoms with E-state index in [9.17, 15) is 9.18 Å². The van der Waals surface area contributed by atoms with Crippen molar-refractivity contribution in [2.24, 2.45) is 0 Å². The third-order valence-corrected chi connectivity index (χ3v) is 4.40. The quantitative estimate of drug-likeness (QED) is 0.760. The fourth-order valence-corrected chi connectivity index (χ4v) is 2.95. The molecule has 1 fully saturated rings. The second-order valence-corrected chi connectivity index (χ2v) is 6.26. The number of hydrogen-bond acceptors (Lipinski definition) is 6. The fraction of sp³-hybridized carbons (Fsp3) is 0.333. The first kappa shape index (κ1) is 17.3. The third-order valence-electron chi connectivity index (χ3n) is 4.40. The standard InChI is InChI=1S/C18H18FN5O3/c1-11-3-2-4-12(14(11)19)10-27-18(25)24-7-8-26-13(9-24)15-22-16-17(23-15)21-6-5-20-16/h2-6,13H,7-10H2,1H3,(H,20,21,22,23)/t13-/m0/s1. The summed E-state index contributed by atoms with van der Waals surface area (Å²) in [5.74, 6) is 0.200. The minimum Gasteiger partial charge on any atom is -0.444 e. The molecule has 0 bridgehead atoms. The van der Waals surface area contributed by atoms with Crippen LogP contribution < -0.4 is 0 Å². The van der Waals surface area contributed by atoms with Gasteiger partial charge in [-0.05, 0) is 12.5 Å². The number of carbonyl (C=O) groups is 1.